The van der Waals surface area contributed by atoms with Crippen molar-refractivity contribution in [3.63, 3.8) is 0 Å². The van der Waals surface area contributed by atoms with Crippen LogP contribution in [0.15, 0.2) is 48.7 Å². The lowest BCUT2D eigenvalue weighted by atomic mass is 10.1. The van der Waals surface area contributed by atoms with Gasteiger partial charge in [-0.1, -0.05) is 41.4 Å². The third kappa shape index (κ3) is 2.65. The van der Waals surface area contributed by atoms with Crippen molar-refractivity contribution in [2.24, 2.45) is 0 Å². The van der Waals surface area contributed by atoms with Crippen LogP contribution >= 0.6 is 11.6 Å². The number of hydrogen-bond donors (Lipinski definition) is 1. The fourth-order valence-corrected chi connectivity index (χ4v) is 2.62. The summed E-state index contributed by atoms with van der Waals surface area (Å²) in [5.74, 6) is 0. The van der Waals surface area contributed by atoms with Crippen LogP contribution in [0.4, 0.5) is 5.69 Å². The number of rotatable bonds is 2. The summed E-state index contributed by atoms with van der Waals surface area (Å²) in [4.78, 5) is 0. The minimum absolute atomic E-state index is 0.636. The van der Waals surface area contributed by atoms with Crippen LogP contribution in [0.3, 0.4) is 0 Å². The quantitative estimate of drug-likeness (QED) is 0.762. The number of nitrogen functional groups attached to an aromatic ring is 1. The summed E-state index contributed by atoms with van der Waals surface area (Å²) in [7, 11) is 0. The molecule has 0 aliphatic heterocycles. The average molecular weight is 298 g/mol. The van der Waals surface area contributed by atoms with Gasteiger partial charge in [-0.3, -0.25) is 0 Å². The molecule has 1 heterocycles. The number of aryl methyl sites for hydroxylation is 2. The van der Waals surface area contributed by atoms with Gasteiger partial charge in [-0.05, 0) is 37.6 Å². The number of benzene rings is 2. The zero-order chi connectivity index (χ0) is 15.0. The molecule has 0 saturated heterocycles. The molecule has 0 bridgehead atoms. The third-order valence-electron chi connectivity index (χ3n) is 3.44. The molecule has 0 atom stereocenters. The van der Waals surface area contributed by atoms with Crippen molar-refractivity contribution in [1.29, 1.82) is 0 Å². The summed E-state index contributed by atoms with van der Waals surface area (Å²) in [5, 5.41) is 5.29. The topological polar surface area (TPSA) is 43.8 Å². The Labute approximate surface area is 129 Å². The van der Waals surface area contributed by atoms with Crippen LogP contribution < -0.4 is 5.73 Å². The molecular weight excluding hydrogens is 282 g/mol. The normalized spacial score (nSPS) is 10.8. The highest BCUT2D eigenvalue weighted by Gasteiger charge is 2.11. The highest BCUT2D eigenvalue weighted by atomic mass is 35.5. The molecule has 0 amide bonds. The number of halogens is 1. The molecule has 106 valence electrons. The first kappa shape index (κ1) is 13.7. The van der Waals surface area contributed by atoms with Gasteiger partial charge in [0.15, 0.2) is 0 Å². The number of aromatic nitrogens is 2. The highest BCUT2D eigenvalue weighted by Crippen LogP contribution is 2.28. The van der Waals surface area contributed by atoms with Crippen LogP contribution in [0.1, 0.15) is 11.1 Å². The molecule has 3 nitrogen and oxygen atoms in total. The van der Waals surface area contributed by atoms with Crippen molar-refractivity contribution in [3.8, 4) is 16.9 Å². The largest absolute Gasteiger partial charge is 0.396 e. The Hall–Kier alpha value is -2.26. The van der Waals surface area contributed by atoms with Crippen LogP contribution in [0.5, 0.6) is 0 Å². The number of nitrogens with zero attached hydrogens (tertiary/aromatic N) is 2. The molecule has 21 heavy (non-hydrogen) atoms. The van der Waals surface area contributed by atoms with Crippen molar-refractivity contribution in [2.45, 2.75) is 13.8 Å². The first-order chi connectivity index (χ1) is 10.0. The first-order valence-electron chi connectivity index (χ1n) is 6.73. The zero-order valence-corrected chi connectivity index (χ0v) is 12.7. The van der Waals surface area contributed by atoms with Gasteiger partial charge in [0.25, 0.3) is 0 Å². The molecule has 3 rings (SSSR count). The summed E-state index contributed by atoms with van der Waals surface area (Å²) in [6.45, 7) is 4.14. The predicted octanol–water partition coefficient (Wildman–Crippen LogP) is 4.39. The molecule has 2 aromatic carbocycles. The molecule has 0 saturated carbocycles. The van der Waals surface area contributed by atoms with E-state index in [4.69, 9.17) is 17.3 Å². The van der Waals surface area contributed by atoms with Crippen molar-refractivity contribution in [3.05, 3.63) is 64.8 Å². The van der Waals surface area contributed by atoms with Gasteiger partial charge in [-0.2, -0.15) is 5.10 Å². The minimum atomic E-state index is 0.636. The Kier molecular flexibility index (Phi) is 3.43. The van der Waals surface area contributed by atoms with Crippen molar-refractivity contribution in [1.82, 2.24) is 9.78 Å². The predicted molar refractivity (Wildman–Crippen MR) is 87.9 cm³/mol. The standard InChI is InChI=1S/C17H16ClN3/c1-11-6-7-16(12(2)8-11)21-10-15(19)17(20-21)13-4-3-5-14(18)9-13/h3-10H,19H2,1-2H3. The van der Waals surface area contributed by atoms with E-state index in [-0.39, 0.29) is 0 Å². The lowest BCUT2D eigenvalue weighted by Gasteiger charge is -2.06. The van der Waals surface area contributed by atoms with Crippen LogP contribution in [0.2, 0.25) is 5.02 Å². The molecule has 0 aliphatic carbocycles. The fourth-order valence-electron chi connectivity index (χ4n) is 2.43. The molecule has 0 spiro atoms. The molecule has 0 unspecified atom stereocenters. The smallest absolute Gasteiger partial charge is 0.116 e. The molecule has 1 aromatic heterocycles. The summed E-state index contributed by atoms with van der Waals surface area (Å²) in [5.41, 5.74) is 11.8. The van der Waals surface area contributed by atoms with Crippen molar-refractivity contribution in [2.75, 3.05) is 5.73 Å². The van der Waals surface area contributed by atoms with Crippen LogP contribution in [-0.2, 0) is 0 Å². The Balaban J connectivity index is 2.09. The Morgan fingerprint density at radius 1 is 1.10 bits per heavy atom. The van der Waals surface area contributed by atoms with Crippen molar-refractivity contribution < 1.29 is 0 Å². The summed E-state index contributed by atoms with van der Waals surface area (Å²) >= 11 is 6.04. The third-order valence-corrected chi connectivity index (χ3v) is 3.67. The van der Waals surface area contributed by atoms with Gasteiger partial charge in [-0.25, -0.2) is 4.68 Å². The fraction of sp³-hybridized carbons (Fsp3) is 0.118. The molecule has 2 N–H and O–H groups in total. The van der Waals surface area contributed by atoms with Gasteiger partial charge in [0, 0.05) is 10.6 Å². The van der Waals surface area contributed by atoms with Gasteiger partial charge in [-0.15, -0.1) is 0 Å². The molecule has 0 radical (unpaired) electrons. The highest BCUT2D eigenvalue weighted by molar-refractivity contribution is 6.30. The first-order valence-corrected chi connectivity index (χ1v) is 7.11. The SMILES string of the molecule is Cc1ccc(-n2cc(N)c(-c3cccc(Cl)c3)n2)c(C)c1. The molecule has 0 aliphatic rings. The van der Waals surface area contributed by atoms with Crippen LogP contribution in [0, 0.1) is 13.8 Å². The minimum Gasteiger partial charge on any atom is -0.396 e. The van der Waals surface area contributed by atoms with E-state index < -0.39 is 0 Å². The second kappa shape index (κ2) is 5.26. The van der Waals surface area contributed by atoms with E-state index in [0.29, 0.717) is 10.7 Å². The van der Waals surface area contributed by atoms with E-state index in [2.05, 4.69) is 37.1 Å². The van der Waals surface area contributed by atoms with Crippen LogP contribution in [-0.4, -0.2) is 9.78 Å². The van der Waals surface area contributed by atoms with Crippen LogP contribution in [0.25, 0.3) is 16.9 Å². The maximum Gasteiger partial charge on any atom is 0.116 e. The lowest BCUT2D eigenvalue weighted by Crippen LogP contribution is -1.98. The maximum atomic E-state index is 6.11. The van der Waals surface area contributed by atoms with Gasteiger partial charge >= 0.3 is 0 Å². The van der Waals surface area contributed by atoms with E-state index in [1.807, 2.05) is 35.1 Å². The van der Waals surface area contributed by atoms with E-state index in [1.54, 1.807) is 0 Å². The van der Waals surface area contributed by atoms with E-state index in [0.717, 1.165) is 22.5 Å². The van der Waals surface area contributed by atoms with Gasteiger partial charge in [0.05, 0.1) is 17.6 Å². The van der Waals surface area contributed by atoms with Gasteiger partial charge in [0.1, 0.15) is 5.69 Å². The molecule has 0 fully saturated rings. The zero-order valence-electron chi connectivity index (χ0n) is 12.0. The van der Waals surface area contributed by atoms with Gasteiger partial charge < -0.3 is 5.73 Å². The van der Waals surface area contributed by atoms with E-state index in [9.17, 15) is 0 Å². The van der Waals surface area contributed by atoms with Gasteiger partial charge in [0.2, 0.25) is 0 Å². The summed E-state index contributed by atoms with van der Waals surface area (Å²) in [6, 6.07) is 13.8. The second-order valence-corrected chi connectivity index (χ2v) is 5.61. The number of hydrogen-bond acceptors (Lipinski definition) is 2. The molecule has 4 heteroatoms. The molecular formula is C17H16ClN3. The monoisotopic (exact) mass is 297 g/mol. The Morgan fingerprint density at radius 3 is 2.62 bits per heavy atom. The second-order valence-electron chi connectivity index (χ2n) is 5.18. The summed E-state index contributed by atoms with van der Waals surface area (Å²) in [6.07, 6.45) is 1.84. The molecule has 3 aromatic rings. The maximum absolute atomic E-state index is 6.11. The number of anilines is 1. The Morgan fingerprint density at radius 2 is 1.90 bits per heavy atom. The number of nitrogens with two attached hydrogens (primary N) is 1. The van der Waals surface area contributed by atoms with E-state index in [1.165, 1.54) is 5.56 Å². The van der Waals surface area contributed by atoms with Crippen molar-refractivity contribution >= 4 is 17.3 Å². The average Bonchev–Trinajstić information content (AvgIpc) is 2.80. The Bertz CT molecular complexity index is 806. The lowest BCUT2D eigenvalue weighted by molar-refractivity contribution is 0.876. The van der Waals surface area contributed by atoms with E-state index >= 15 is 0 Å². The summed E-state index contributed by atoms with van der Waals surface area (Å²) < 4.78 is 1.82.